The van der Waals surface area contributed by atoms with Crippen LogP contribution in [0.4, 0.5) is 10.1 Å². The zero-order valence-corrected chi connectivity index (χ0v) is 19.8. The molecule has 0 spiro atoms. The summed E-state index contributed by atoms with van der Waals surface area (Å²) in [7, 11) is 0. The van der Waals surface area contributed by atoms with Gasteiger partial charge in [-0.15, -0.1) is 0 Å². The maximum absolute atomic E-state index is 13.7. The summed E-state index contributed by atoms with van der Waals surface area (Å²) in [4.78, 5) is 44.4. The number of carbonyl (C=O) groups is 1. The fourth-order valence-corrected chi connectivity index (χ4v) is 4.90. The number of para-hydroxylation sites is 2. The third kappa shape index (κ3) is 3.98. The van der Waals surface area contributed by atoms with Gasteiger partial charge in [0.2, 0.25) is 11.5 Å². The zero-order valence-electron chi connectivity index (χ0n) is 19.8. The molecule has 1 fully saturated rings. The lowest BCUT2D eigenvalue weighted by molar-refractivity contribution is -0.132. The Labute approximate surface area is 210 Å². The molecule has 3 heterocycles. The minimum absolute atomic E-state index is 0.0354. The third-order valence-corrected chi connectivity index (χ3v) is 6.79. The van der Waals surface area contributed by atoms with Gasteiger partial charge in [-0.25, -0.2) is 13.8 Å². The van der Waals surface area contributed by atoms with Crippen molar-refractivity contribution in [1.29, 1.82) is 0 Å². The number of fused-ring (bicyclic) bond motifs is 3. The number of nitrogens with zero attached hydrogens (tertiary/aromatic N) is 4. The average Bonchev–Trinajstić information content (AvgIpc) is 3.33. The van der Waals surface area contributed by atoms with E-state index in [1.165, 1.54) is 28.8 Å². The molecule has 0 saturated carbocycles. The number of benzene rings is 3. The number of halogens is 1. The molecule has 5 aromatic rings. The Balaban J connectivity index is 1.40. The van der Waals surface area contributed by atoms with E-state index in [1.54, 1.807) is 29.2 Å². The van der Waals surface area contributed by atoms with E-state index in [9.17, 15) is 18.8 Å². The summed E-state index contributed by atoms with van der Waals surface area (Å²) >= 11 is 0. The van der Waals surface area contributed by atoms with Gasteiger partial charge >= 0.3 is 11.2 Å². The van der Waals surface area contributed by atoms with Crippen LogP contribution in [0.5, 0.6) is 0 Å². The molecule has 1 aliphatic rings. The first-order valence-electron chi connectivity index (χ1n) is 12.0. The first-order chi connectivity index (χ1) is 18.0. The summed E-state index contributed by atoms with van der Waals surface area (Å²) in [5, 5.41) is 0.569. The first kappa shape index (κ1) is 22.8. The Bertz CT molecular complexity index is 1730. The monoisotopic (exact) mass is 498 g/mol. The van der Waals surface area contributed by atoms with Crippen LogP contribution in [0, 0.1) is 5.82 Å². The molecule has 1 amide bonds. The second-order valence-corrected chi connectivity index (χ2v) is 8.97. The lowest BCUT2D eigenvalue weighted by Crippen LogP contribution is -2.50. The summed E-state index contributed by atoms with van der Waals surface area (Å²) in [6.07, 6.45) is 0. The topological polar surface area (TPSA) is 80.7 Å². The minimum Gasteiger partial charge on any atom is -0.449 e. The van der Waals surface area contributed by atoms with Gasteiger partial charge in [0, 0.05) is 37.3 Å². The van der Waals surface area contributed by atoms with Crippen molar-refractivity contribution in [2.24, 2.45) is 0 Å². The highest BCUT2D eigenvalue weighted by molar-refractivity contribution is 6.02. The molecule has 0 aliphatic carbocycles. The van der Waals surface area contributed by atoms with Crippen LogP contribution >= 0.6 is 0 Å². The molecule has 3 aromatic carbocycles. The Kier molecular flexibility index (Phi) is 5.60. The van der Waals surface area contributed by atoms with E-state index in [2.05, 4.69) is 4.90 Å². The zero-order chi connectivity index (χ0) is 25.5. The average molecular weight is 499 g/mol. The van der Waals surface area contributed by atoms with E-state index in [-0.39, 0.29) is 29.2 Å². The second kappa shape index (κ2) is 9.09. The smallest absolute Gasteiger partial charge is 0.336 e. The van der Waals surface area contributed by atoms with Crippen molar-refractivity contribution in [3.05, 3.63) is 106 Å². The summed E-state index contributed by atoms with van der Waals surface area (Å²) in [6.45, 7) is 2.10. The maximum atomic E-state index is 13.7. The molecule has 0 unspecified atom stereocenters. The predicted octanol–water partition coefficient (Wildman–Crippen LogP) is 3.39. The molecule has 0 radical (unpaired) electrons. The highest BCUT2D eigenvalue weighted by Gasteiger charge is 2.26. The van der Waals surface area contributed by atoms with Crippen molar-refractivity contribution < 1.29 is 13.6 Å². The lowest BCUT2D eigenvalue weighted by Gasteiger charge is -2.36. The summed E-state index contributed by atoms with van der Waals surface area (Å²) < 4.78 is 21.6. The highest BCUT2D eigenvalue weighted by Crippen LogP contribution is 2.26. The Morgan fingerprint density at radius 3 is 2.22 bits per heavy atom. The largest absolute Gasteiger partial charge is 0.449 e. The SMILES string of the molecule is O=C(Cn1c(=O)n(-c2ccc(F)cc2)c(=O)c2oc3ccccc3c21)N1CCN(c2ccccc2)CC1. The van der Waals surface area contributed by atoms with E-state index in [0.29, 0.717) is 37.1 Å². The maximum Gasteiger partial charge on any atom is 0.336 e. The standard InChI is InChI=1S/C28H23FN4O4/c29-19-10-12-21(13-11-19)33-27(35)26-25(22-8-4-5-9-23(22)37-26)32(28(33)36)18-24(34)31-16-14-30(15-17-31)20-6-2-1-3-7-20/h1-13H,14-18H2. The molecule has 1 saturated heterocycles. The quantitative estimate of drug-likeness (QED) is 0.380. The number of carbonyl (C=O) groups excluding carboxylic acids is 1. The van der Waals surface area contributed by atoms with E-state index >= 15 is 0 Å². The normalized spacial score (nSPS) is 14.0. The van der Waals surface area contributed by atoms with Crippen molar-refractivity contribution in [3.8, 4) is 5.69 Å². The van der Waals surface area contributed by atoms with Crippen LogP contribution in [0.15, 0.2) is 92.9 Å². The van der Waals surface area contributed by atoms with E-state index in [1.807, 2.05) is 30.3 Å². The second-order valence-electron chi connectivity index (χ2n) is 8.97. The van der Waals surface area contributed by atoms with Gasteiger partial charge in [-0.1, -0.05) is 30.3 Å². The number of anilines is 1. The highest BCUT2D eigenvalue weighted by atomic mass is 19.1. The fourth-order valence-electron chi connectivity index (χ4n) is 4.90. The number of hydrogen-bond donors (Lipinski definition) is 0. The van der Waals surface area contributed by atoms with Crippen molar-refractivity contribution >= 4 is 33.7 Å². The fraction of sp³-hybridized carbons (Fsp3) is 0.179. The van der Waals surface area contributed by atoms with Crippen LogP contribution in [-0.4, -0.2) is 46.1 Å². The van der Waals surface area contributed by atoms with Crippen LogP contribution < -0.4 is 16.1 Å². The van der Waals surface area contributed by atoms with Crippen molar-refractivity contribution in [2.45, 2.75) is 6.54 Å². The van der Waals surface area contributed by atoms with Gasteiger partial charge < -0.3 is 14.2 Å². The van der Waals surface area contributed by atoms with Crippen LogP contribution in [0.25, 0.3) is 27.8 Å². The summed E-state index contributed by atoms with van der Waals surface area (Å²) in [5.74, 6) is -0.725. The van der Waals surface area contributed by atoms with E-state index in [4.69, 9.17) is 4.42 Å². The van der Waals surface area contributed by atoms with Crippen molar-refractivity contribution in [1.82, 2.24) is 14.0 Å². The van der Waals surface area contributed by atoms with Gasteiger partial charge in [0.1, 0.15) is 23.5 Å². The van der Waals surface area contributed by atoms with E-state index in [0.717, 1.165) is 10.3 Å². The number of furan rings is 1. The Morgan fingerprint density at radius 2 is 1.49 bits per heavy atom. The van der Waals surface area contributed by atoms with Crippen molar-refractivity contribution in [3.63, 3.8) is 0 Å². The number of hydrogen-bond acceptors (Lipinski definition) is 5. The van der Waals surface area contributed by atoms with Gasteiger partial charge in [0.05, 0.1) is 5.69 Å². The molecular formula is C28H23FN4O4. The van der Waals surface area contributed by atoms with E-state index < -0.39 is 17.1 Å². The molecule has 2 aromatic heterocycles. The van der Waals surface area contributed by atoms with Crippen molar-refractivity contribution in [2.75, 3.05) is 31.1 Å². The molecule has 6 rings (SSSR count). The van der Waals surface area contributed by atoms with Gasteiger partial charge in [0.25, 0.3) is 0 Å². The first-order valence-corrected chi connectivity index (χ1v) is 12.0. The third-order valence-electron chi connectivity index (χ3n) is 6.79. The van der Waals surface area contributed by atoms with Crippen LogP contribution in [-0.2, 0) is 11.3 Å². The lowest BCUT2D eigenvalue weighted by atomic mass is 10.2. The van der Waals surface area contributed by atoms with Crippen LogP contribution in [0.2, 0.25) is 0 Å². The van der Waals surface area contributed by atoms with Crippen LogP contribution in [0.3, 0.4) is 0 Å². The molecular weight excluding hydrogens is 475 g/mol. The van der Waals surface area contributed by atoms with Gasteiger partial charge in [-0.3, -0.25) is 14.2 Å². The molecule has 8 nitrogen and oxygen atoms in total. The minimum atomic E-state index is -0.688. The Morgan fingerprint density at radius 1 is 0.811 bits per heavy atom. The molecule has 1 aliphatic heterocycles. The molecule has 37 heavy (non-hydrogen) atoms. The molecule has 0 atom stereocenters. The molecule has 186 valence electrons. The van der Waals surface area contributed by atoms with Gasteiger partial charge in [-0.2, -0.15) is 0 Å². The van der Waals surface area contributed by atoms with Crippen LogP contribution in [0.1, 0.15) is 0 Å². The number of piperazine rings is 1. The summed E-state index contributed by atoms with van der Waals surface area (Å²) in [5.41, 5.74) is 0.616. The number of aromatic nitrogens is 2. The van der Waals surface area contributed by atoms with Gasteiger partial charge in [0.15, 0.2) is 0 Å². The van der Waals surface area contributed by atoms with Gasteiger partial charge in [-0.05, 0) is 48.5 Å². The summed E-state index contributed by atoms with van der Waals surface area (Å²) in [6, 6.07) is 22.1. The number of amides is 1. The Hall–Kier alpha value is -4.66. The molecule has 0 N–H and O–H groups in total. The predicted molar refractivity (Wildman–Crippen MR) is 139 cm³/mol. The molecule has 9 heteroatoms. The number of rotatable bonds is 4. The molecule has 0 bridgehead atoms.